The molecule has 0 saturated heterocycles. The molecule has 29 heavy (non-hydrogen) atoms. The van der Waals surface area contributed by atoms with Gasteiger partial charge in [0.2, 0.25) is 0 Å². The van der Waals surface area contributed by atoms with E-state index in [-0.39, 0.29) is 11.8 Å². The Labute approximate surface area is 169 Å². The zero-order valence-corrected chi connectivity index (χ0v) is 15.8. The molecule has 5 rings (SSSR count). The van der Waals surface area contributed by atoms with Crippen LogP contribution in [0.4, 0.5) is 5.82 Å². The van der Waals surface area contributed by atoms with Gasteiger partial charge in [-0.1, -0.05) is 78.9 Å². The number of aromatic nitrogens is 1. The average molecular weight is 376 g/mol. The maximum Gasteiger partial charge on any atom is 0.126 e. The third-order valence-electron chi connectivity index (χ3n) is 5.33. The lowest BCUT2D eigenvalue weighted by atomic mass is 9.90. The van der Waals surface area contributed by atoms with Gasteiger partial charge >= 0.3 is 0 Å². The summed E-state index contributed by atoms with van der Waals surface area (Å²) in [6, 6.07) is 32.0. The molecule has 0 spiro atoms. The van der Waals surface area contributed by atoms with E-state index in [2.05, 4.69) is 52.8 Å². The third-order valence-corrected chi connectivity index (χ3v) is 5.33. The third kappa shape index (κ3) is 3.17. The van der Waals surface area contributed by atoms with Crippen LogP contribution in [0.3, 0.4) is 0 Å². The minimum Gasteiger partial charge on any atom is -0.508 e. The van der Waals surface area contributed by atoms with Crippen molar-refractivity contribution < 1.29 is 5.11 Å². The fraction of sp³-hybridized carbons (Fsp3) is 0.0385. The standard InChI is InChI=1S/C26H20N2O/c29-23-16-15-19-9-2-4-12-21(19)25(23)26(28-24-14-5-6-17-27-24)22-13-7-10-18-8-1-3-11-20(18)22/h1-17,26,29H,(H,27,28). The van der Waals surface area contributed by atoms with Crippen molar-refractivity contribution in [2.75, 3.05) is 5.32 Å². The van der Waals surface area contributed by atoms with Crippen molar-refractivity contribution in [1.29, 1.82) is 0 Å². The summed E-state index contributed by atoms with van der Waals surface area (Å²) >= 11 is 0. The number of phenolic OH excluding ortho intramolecular Hbond substituents is 1. The Hall–Kier alpha value is -3.85. The van der Waals surface area contributed by atoms with E-state index in [1.807, 2.05) is 48.5 Å². The van der Waals surface area contributed by atoms with Crippen LogP contribution in [0.15, 0.2) is 103 Å². The molecular formula is C26H20N2O. The molecule has 0 aliphatic rings. The summed E-state index contributed by atoms with van der Waals surface area (Å²) in [5.74, 6) is 1.03. The van der Waals surface area contributed by atoms with Gasteiger partial charge in [-0.05, 0) is 45.3 Å². The van der Waals surface area contributed by atoms with E-state index in [9.17, 15) is 5.11 Å². The molecule has 3 heteroatoms. The maximum absolute atomic E-state index is 10.9. The second-order valence-electron chi connectivity index (χ2n) is 7.08. The van der Waals surface area contributed by atoms with Gasteiger partial charge in [0.15, 0.2) is 0 Å². The number of fused-ring (bicyclic) bond motifs is 2. The Morgan fingerprint density at radius 1 is 0.655 bits per heavy atom. The molecule has 1 aromatic heterocycles. The summed E-state index contributed by atoms with van der Waals surface area (Å²) in [7, 11) is 0. The first-order valence-corrected chi connectivity index (χ1v) is 9.67. The van der Waals surface area contributed by atoms with Gasteiger partial charge in [0.25, 0.3) is 0 Å². The zero-order chi connectivity index (χ0) is 19.6. The summed E-state index contributed by atoms with van der Waals surface area (Å²) in [6.07, 6.45) is 1.77. The van der Waals surface area contributed by atoms with Crippen LogP contribution in [-0.2, 0) is 0 Å². The van der Waals surface area contributed by atoms with Crippen LogP contribution in [0.25, 0.3) is 21.5 Å². The Morgan fingerprint density at radius 2 is 1.34 bits per heavy atom. The topological polar surface area (TPSA) is 45.1 Å². The van der Waals surface area contributed by atoms with Crippen molar-refractivity contribution >= 4 is 27.4 Å². The predicted octanol–water partition coefficient (Wildman–Crippen LogP) is 6.30. The quantitative estimate of drug-likeness (QED) is 0.387. The van der Waals surface area contributed by atoms with Gasteiger partial charge in [-0.25, -0.2) is 4.98 Å². The van der Waals surface area contributed by atoms with Crippen LogP contribution in [0.2, 0.25) is 0 Å². The van der Waals surface area contributed by atoms with E-state index in [1.165, 1.54) is 0 Å². The first kappa shape index (κ1) is 17.3. The molecule has 0 bridgehead atoms. The fourth-order valence-electron chi connectivity index (χ4n) is 3.99. The van der Waals surface area contributed by atoms with E-state index in [0.717, 1.165) is 38.5 Å². The van der Waals surface area contributed by atoms with Crippen LogP contribution in [0.1, 0.15) is 17.2 Å². The molecule has 140 valence electrons. The minimum atomic E-state index is -0.262. The van der Waals surface area contributed by atoms with Crippen molar-refractivity contribution in [2.24, 2.45) is 0 Å². The molecule has 0 saturated carbocycles. The van der Waals surface area contributed by atoms with E-state index in [4.69, 9.17) is 0 Å². The molecule has 2 N–H and O–H groups in total. The molecule has 1 atom stereocenters. The maximum atomic E-state index is 10.9. The number of hydrogen-bond acceptors (Lipinski definition) is 3. The van der Waals surface area contributed by atoms with Gasteiger partial charge in [0, 0.05) is 11.8 Å². The number of anilines is 1. The van der Waals surface area contributed by atoms with Crippen LogP contribution in [0.5, 0.6) is 5.75 Å². The number of phenols is 1. The Morgan fingerprint density at radius 3 is 2.14 bits per heavy atom. The Kier molecular flexibility index (Phi) is 4.34. The number of aromatic hydroxyl groups is 1. The van der Waals surface area contributed by atoms with Gasteiger partial charge in [0.05, 0.1) is 6.04 Å². The van der Waals surface area contributed by atoms with Crippen LogP contribution >= 0.6 is 0 Å². The number of hydrogen-bond donors (Lipinski definition) is 2. The smallest absolute Gasteiger partial charge is 0.126 e. The van der Waals surface area contributed by atoms with Crippen molar-refractivity contribution in [3.8, 4) is 5.75 Å². The SMILES string of the molecule is Oc1ccc2ccccc2c1C(Nc1ccccn1)c1cccc2ccccc12. The first-order valence-electron chi connectivity index (χ1n) is 9.67. The summed E-state index contributed by atoms with van der Waals surface area (Å²) in [6.45, 7) is 0. The summed E-state index contributed by atoms with van der Waals surface area (Å²) in [5, 5.41) is 18.9. The number of pyridine rings is 1. The lowest BCUT2D eigenvalue weighted by molar-refractivity contribution is 0.468. The van der Waals surface area contributed by atoms with E-state index >= 15 is 0 Å². The van der Waals surface area contributed by atoms with Gasteiger partial charge in [-0.2, -0.15) is 0 Å². The lowest BCUT2D eigenvalue weighted by Gasteiger charge is -2.24. The summed E-state index contributed by atoms with van der Waals surface area (Å²) in [5.41, 5.74) is 1.95. The largest absolute Gasteiger partial charge is 0.508 e. The van der Waals surface area contributed by atoms with E-state index in [0.29, 0.717) is 0 Å². The molecule has 1 heterocycles. The highest BCUT2D eigenvalue weighted by Crippen LogP contribution is 2.39. The second kappa shape index (κ2) is 7.28. The monoisotopic (exact) mass is 376 g/mol. The van der Waals surface area contributed by atoms with Crippen LogP contribution < -0.4 is 5.32 Å². The van der Waals surface area contributed by atoms with Crippen molar-refractivity contribution in [3.05, 3.63) is 114 Å². The van der Waals surface area contributed by atoms with Crippen molar-refractivity contribution in [1.82, 2.24) is 4.98 Å². The molecular weight excluding hydrogens is 356 g/mol. The molecule has 1 unspecified atom stereocenters. The lowest BCUT2D eigenvalue weighted by Crippen LogP contribution is -2.14. The van der Waals surface area contributed by atoms with Gasteiger partial charge < -0.3 is 10.4 Å². The molecule has 0 amide bonds. The Balaban J connectivity index is 1.79. The van der Waals surface area contributed by atoms with E-state index in [1.54, 1.807) is 12.3 Å². The molecule has 5 aromatic rings. The summed E-state index contributed by atoms with van der Waals surface area (Å²) < 4.78 is 0. The molecule has 0 aliphatic heterocycles. The van der Waals surface area contributed by atoms with Gasteiger partial charge in [-0.3, -0.25) is 0 Å². The molecule has 0 aliphatic carbocycles. The highest BCUT2D eigenvalue weighted by molar-refractivity contribution is 5.92. The average Bonchev–Trinajstić information content (AvgIpc) is 2.78. The Bertz CT molecular complexity index is 1290. The normalized spacial score (nSPS) is 12.1. The predicted molar refractivity (Wildman–Crippen MR) is 119 cm³/mol. The highest BCUT2D eigenvalue weighted by atomic mass is 16.3. The van der Waals surface area contributed by atoms with Crippen molar-refractivity contribution in [3.63, 3.8) is 0 Å². The highest BCUT2D eigenvalue weighted by Gasteiger charge is 2.22. The number of rotatable bonds is 4. The number of nitrogens with zero attached hydrogens (tertiary/aromatic N) is 1. The second-order valence-corrected chi connectivity index (χ2v) is 7.08. The van der Waals surface area contributed by atoms with Crippen LogP contribution in [0, 0.1) is 0 Å². The zero-order valence-electron chi connectivity index (χ0n) is 15.8. The van der Waals surface area contributed by atoms with Gasteiger partial charge in [-0.15, -0.1) is 0 Å². The summed E-state index contributed by atoms with van der Waals surface area (Å²) in [4.78, 5) is 4.47. The molecule has 0 fully saturated rings. The molecule has 0 radical (unpaired) electrons. The van der Waals surface area contributed by atoms with Crippen molar-refractivity contribution in [2.45, 2.75) is 6.04 Å². The molecule has 3 nitrogen and oxygen atoms in total. The number of benzene rings is 4. The minimum absolute atomic E-state index is 0.262. The fourth-order valence-corrected chi connectivity index (χ4v) is 3.99. The van der Waals surface area contributed by atoms with Gasteiger partial charge in [0.1, 0.15) is 11.6 Å². The molecule has 4 aromatic carbocycles. The first-order chi connectivity index (χ1) is 14.3. The van der Waals surface area contributed by atoms with E-state index < -0.39 is 0 Å². The van der Waals surface area contributed by atoms with Crippen LogP contribution in [-0.4, -0.2) is 10.1 Å². The number of nitrogens with one attached hydrogen (secondary N) is 1.